The summed E-state index contributed by atoms with van der Waals surface area (Å²) in [4.78, 5) is 22.0. The number of ether oxygens (including phenoxy) is 1. The van der Waals surface area contributed by atoms with Crippen molar-refractivity contribution in [1.29, 1.82) is 0 Å². The number of benzene rings is 1. The fourth-order valence-electron chi connectivity index (χ4n) is 5.05. The molecule has 2 atom stereocenters. The summed E-state index contributed by atoms with van der Waals surface area (Å²) in [6.07, 6.45) is 1.97. The molecule has 0 saturated carbocycles. The van der Waals surface area contributed by atoms with Crippen LogP contribution in [0, 0.1) is 0 Å². The number of allylic oxidation sites excluding steroid dienone is 1. The van der Waals surface area contributed by atoms with Crippen LogP contribution in [0.15, 0.2) is 47.8 Å². The van der Waals surface area contributed by atoms with E-state index < -0.39 is 0 Å². The van der Waals surface area contributed by atoms with E-state index >= 15 is 0 Å². The van der Waals surface area contributed by atoms with E-state index in [-0.39, 0.29) is 18.1 Å². The lowest BCUT2D eigenvalue weighted by Crippen LogP contribution is -2.41. The molecule has 1 amide bonds. The molecule has 12 nitrogen and oxygen atoms in total. The van der Waals surface area contributed by atoms with E-state index in [0.29, 0.717) is 23.8 Å². The van der Waals surface area contributed by atoms with Crippen molar-refractivity contribution in [3.05, 3.63) is 47.8 Å². The third kappa shape index (κ3) is 3.99. The van der Waals surface area contributed by atoms with Crippen molar-refractivity contribution in [2.45, 2.75) is 32.9 Å². The highest BCUT2D eigenvalue weighted by Crippen LogP contribution is 2.34. The van der Waals surface area contributed by atoms with Crippen molar-refractivity contribution < 1.29 is 9.53 Å². The van der Waals surface area contributed by atoms with E-state index in [1.54, 1.807) is 10.9 Å². The number of carbonyl (C=O) groups is 1. The average molecular weight is 501 g/mol. The minimum atomic E-state index is -0.299. The number of aromatic amines is 1. The largest absolute Gasteiger partial charge is 0.375 e. The Bertz CT molecular complexity index is 1520. The smallest absolute Gasteiger partial charge is 0.255 e. The van der Waals surface area contributed by atoms with Crippen molar-refractivity contribution >= 4 is 34.3 Å². The summed E-state index contributed by atoms with van der Waals surface area (Å²) in [6, 6.07) is 9.43. The molecule has 12 heteroatoms. The minimum Gasteiger partial charge on any atom is -0.375 e. The Morgan fingerprint density at radius 3 is 2.92 bits per heavy atom. The van der Waals surface area contributed by atoms with Crippen LogP contribution in [0.2, 0.25) is 0 Å². The van der Waals surface area contributed by atoms with Crippen LogP contribution in [0.25, 0.3) is 22.2 Å². The van der Waals surface area contributed by atoms with Crippen molar-refractivity contribution in [3.8, 4) is 11.3 Å². The number of carbonyl (C=O) groups excluding carboxylic acids is 1. The lowest BCUT2D eigenvalue weighted by molar-refractivity contribution is -0.113. The molecule has 0 aliphatic carbocycles. The maximum Gasteiger partial charge on any atom is 0.255 e. The molecule has 5 heterocycles. The number of rotatable bonds is 4. The quantitative estimate of drug-likeness (QED) is 0.434. The van der Waals surface area contributed by atoms with Gasteiger partial charge in [-0.25, -0.2) is 9.67 Å². The fraction of sp³-hybridized carbons (Fsp3) is 0.360. The van der Waals surface area contributed by atoms with Gasteiger partial charge in [0.15, 0.2) is 0 Å². The number of amides is 1. The second kappa shape index (κ2) is 8.96. The molecule has 1 aromatic carbocycles. The Labute approximate surface area is 213 Å². The highest BCUT2D eigenvalue weighted by atomic mass is 16.5. The first-order valence-corrected chi connectivity index (χ1v) is 12.3. The van der Waals surface area contributed by atoms with Gasteiger partial charge in [0.2, 0.25) is 5.95 Å². The topological polar surface area (TPSA) is 130 Å². The highest BCUT2D eigenvalue weighted by Gasteiger charge is 2.32. The van der Waals surface area contributed by atoms with Gasteiger partial charge in [0.25, 0.3) is 5.91 Å². The molecule has 1 saturated heterocycles. The van der Waals surface area contributed by atoms with Gasteiger partial charge in [0.05, 0.1) is 29.8 Å². The third-order valence-corrected chi connectivity index (χ3v) is 7.10. The van der Waals surface area contributed by atoms with Crippen molar-refractivity contribution in [2.24, 2.45) is 0 Å². The maximum atomic E-state index is 13.4. The summed E-state index contributed by atoms with van der Waals surface area (Å²) in [5.41, 5.74) is 4.72. The van der Waals surface area contributed by atoms with Crippen LogP contribution in [-0.4, -0.2) is 74.1 Å². The number of morpholine rings is 1. The van der Waals surface area contributed by atoms with E-state index in [4.69, 9.17) is 4.74 Å². The Balaban J connectivity index is 1.29. The van der Waals surface area contributed by atoms with Crippen LogP contribution in [-0.2, 0) is 9.53 Å². The van der Waals surface area contributed by atoms with Gasteiger partial charge in [0.1, 0.15) is 11.5 Å². The van der Waals surface area contributed by atoms with Crippen molar-refractivity contribution in [3.63, 3.8) is 0 Å². The lowest BCUT2D eigenvalue weighted by Gasteiger charge is -2.32. The van der Waals surface area contributed by atoms with E-state index in [2.05, 4.69) is 53.9 Å². The summed E-state index contributed by atoms with van der Waals surface area (Å²) in [5, 5.41) is 23.5. The number of hydrogen-bond acceptors (Lipinski definition) is 9. The summed E-state index contributed by atoms with van der Waals surface area (Å²) in [7, 11) is 1.85. The highest BCUT2D eigenvalue weighted by molar-refractivity contribution is 6.07. The Morgan fingerprint density at radius 2 is 2.08 bits per heavy atom. The molecule has 0 unspecified atom stereocenters. The number of tetrazole rings is 1. The molecule has 2 aliphatic heterocycles. The van der Waals surface area contributed by atoms with Gasteiger partial charge in [-0.05, 0) is 61.5 Å². The van der Waals surface area contributed by atoms with Gasteiger partial charge in [-0.2, -0.15) is 5.10 Å². The molecule has 1 fully saturated rings. The van der Waals surface area contributed by atoms with Crippen LogP contribution in [0.1, 0.15) is 26.8 Å². The molecule has 0 bridgehead atoms. The first-order valence-electron chi connectivity index (χ1n) is 12.3. The standard InChI is InChI=1S/C25H28N10O2/c1-14-13-34(9-10-37-14)21-11-17(7-8-26-21)23-19-12-18(5-6-20(19)28-29-23)27-24(36)22-15(2)33(4)25-30-31-32-35(25)16(22)3/h5-8,11-12,14,16H,9-10,13H2,1-4H3,(H,27,36)(H,28,29)/t14-,16-/m0/s1. The Hall–Kier alpha value is -4.32. The van der Waals surface area contributed by atoms with E-state index in [1.165, 1.54) is 0 Å². The van der Waals surface area contributed by atoms with Gasteiger partial charge in [-0.3, -0.25) is 9.89 Å². The number of hydrogen-bond donors (Lipinski definition) is 2. The zero-order valence-corrected chi connectivity index (χ0v) is 21.1. The third-order valence-electron chi connectivity index (χ3n) is 7.10. The number of fused-ring (bicyclic) bond motifs is 2. The Morgan fingerprint density at radius 1 is 1.22 bits per heavy atom. The first-order chi connectivity index (χ1) is 17.9. The molecular weight excluding hydrogens is 472 g/mol. The van der Waals surface area contributed by atoms with Crippen LogP contribution in [0.5, 0.6) is 0 Å². The molecule has 190 valence electrons. The van der Waals surface area contributed by atoms with E-state index in [0.717, 1.165) is 46.8 Å². The number of H-pyrrole nitrogens is 1. The first kappa shape index (κ1) is 23.1. The molecule has 4 aromatic rings. The van der Waals surface area contributed by atoms with Crippen LogP contribution in [0.4, 0.5) is 17.5 Å². The number of nitrogens with zero attached hydrogens (tertiary/aromatic N) is 8. The summed E-state index contributed by atoms with van der Waals surface area (Å²) in [5.74, 6) is 1.30. The van der Waals surface area contributed by atoms with Gasteiger partial charge in [0, 0.05) is 48.7 Å². The lowest BCUT2D eigenvalue weighted by atomic mass is 10.0. The van der Waals surface area contributed by atoms with E-state index in [9.17, 15) is 4.79 Å². The number of aromatic nitrogens is 7. The molecule has 3 aromatic heterocycles. The second-order valence-electron chi connectivity index (χ2n) is 9.47. The average Bonchev–Trinajstić information content (AvgIpc) is 3.55. The van der Waals surface area contributed by atoms with Gasteiger partial charge < -0.3 is 19.9 Å². The zero-order chi connectivity index (χ0) is 25.7. The maximum absolute atomic E-state index is 13.4. The summed E-state index contributed by atoms with van der Waals surface area (Å²) >= 11 is 0. The van der Waals surface area contributed by atoms with Gasteiger partial charge in [-0.1, -0.05) is 5.10 Å². The molecule has 6 rings (SSSR count). The van der Waals surface area contributed by atoms with Crippen LogP contribution >= 0.6 is 0 Å². The second-order valence-corrected chi connectivity index (χ2v) is 9.47. The van der Waals surface area contributed by atoms with Gasteiger partial charge >= 0.3 is 0 Å². The van der Waals surface area contributed by atoms with E-state index in [1.807, 2.05) is 50.1 Å². The zero-order valence-electron chi connectivity index (χ0n) is 21.1. The van der Waals surface area contributed by atoms with Crippen LogP contribution in [0.3, 0.4) is 0 Å². The molecular formula is C25H28N10O2. The van der Waals surface area contributed by atoms with Gasteiger partial charge in [-0.15, -0.1) is 0 Å². The molecule has 2 aliphatic rings. The predicted molar refractivity (Wildman–Crippen MR) is 139 cm³/mol. The number of pyridine rings is 1. The predicted octanol–water partition coefficient (Wildman–Crippen LogP) is 2.76. The number of anilines is 3. The van der Waals surface area contributed by atoms with Crippen LogP contribution < -0.4 is 15.1 Å². The number of nitrogens with one attached hydrogen (secondary N) is 2. The fourth-order valence-corrected chi connectivity index (χ4v) is 5.05. The molecule has 0 radical (unpaired) electrons. The molecule has 37 heavy (non-hydrogen) atoms. The van der Waals surface area contributed by atoms with Crippen molar-refractivity contribution in [2.75, 3.05) is 41.9 Å². The Kier molecular flexibility index (Phi) is 5.60. The van der Waals surface area contributed by atoms with Crippen molar-refractivity contribution in [1.82, 2.24) is 35.4 Å². The summed E-state index contributed by atoms with van der Waals surface area (Å²) < 4.78 is 7.32. The minimum absolute atomic E-state index is 0.161. The molecule has 2 N–H and O–H groups in total. The monoisotopic (exact) mass is 500 g/mol. The SMILES string of the molecule is CC1=C(C(=O)Nc2ccc3[nH]nc(-c4ccnc(N5CCO[C@@H](C)C5)c4)c3c2)[C@H](C)n2nnnc2N1C. The molecule has 0 spiro atoms. The normalized spacial score (nSPS) is 19.9. The summed E-state index contributed by atoms with van der Waals surface area (Å²) in [6.45, 7) is 8.16.